The highest BCUT2D eigenvalue weighted by Crippen LogP contribution is 2.09. The van der Waals surface area contributed by atoms with Crippen molar-refractivity contribution in [3.8, 4) is 0 Å². The summed E-state index contributed by atoms with van der Waals surface area (Å²) < 4.78 is 13.2. The number of halogens is 1. The van der Waals surface area contributed by atoms with Crippen LogP contribution in [0.25, 0.3) is 0 Å². The van der Waals surface area contributed by atoms with Gasteiger partial charge in [-0.2, -0.15) is 0 Å². The first-order valence-electron chi connectivity index (χ1n) is 3.89. The maximum absolute atomic E-state index is 13.2. The summed E-state index contributed by atoms with van der Waals surface area (Å²) in [5.41, 5.74) is 6.02. The molecule has 0 bridgehead atoms. The van der Waals surface area contributed by atoms with Gasteiger partial charge in [-0.1, -0.05) is 6.07 Å². The van der Waals surface area contributed by atoms with Crippen LogP contribution < -0.4 is 11.1 Å². The Balaban J connectivity index is 3.05. The van der Waals surface area contributed by atoms with Gasteiger partial charge in [-0.05, 0) is 17.7 Å². The van der Waals surface area contributed by atoms with Gasteiger partial charge in [-0.15, -0.1) is 0 Å². The summed E-state index contributed by atoms with van der Waals surface area (Å²) in [6, 6.07) is 4.33. The van der Waals surface area contributed by atoms with Crippen molar-refractivity contribution in [2.75, 3.05) is 7.05 Å². The Bertz CT molecular complexity index is 325. The summed E-state index contributed by atoms with van der Waals surface area (Å²) in [7, 11) is 1.46. The fourth-order valence-corrected chi connectivity index (χ4v) is 1.00. The molecular formula is C9H11FN2O. The first-order chi connectivity index (χ1) is 6.19. The lowest BCUT2D eigenvalue weighted by Crippen LogP contribution is -2.19. The second-order valence-corrected chi connectivity index (χ2v) is 2.60. The van der Waals surface area contributed by atoms with Crippen LogP contribution in [0.5, 0.6) is 0 Å². The van der Waals surface area contributed by atoms with E-state index >= 15 is 0 Å². The Kier molecular flexibility index (Phi) is 2.97. The SMILES string of the molecule is CNC(=O)c1ccc(CN)cc1F. The van der Waals surface area contributed by atoms with Gasteiger partial charge < -0.3 is 11.1 Å². The second kappa shape index (κ2) is 4.00. The van der Waals surface area contributed by atoms with Gasteiger partial charge in [-0.3, -0.25) is 4.79 Å². The number of carbonyl (C=O) groups is 1. The van der Waals surface area contributed by atoms with Gasteiger partial charge in [-0.25, -0.2) is 4.39 Å². The molecule has 3 nitrogen and oxygen atoms in total. The summed E-state index contributed by atoms with van der Waals surface area (Å²) in [4.78, 5) is 11.1. The molecule has 1 aromatic carbocycles. The van der Waals surface area contributed by atoms with Gasteiger partial charge in [0.05, 0.1) is 5.56 Å². The Labute approximate surface area is 75.7 Å². The van der Waals surface area contributed by atoms with Crippen LogP contribution in [-0.2, 0) is 6.54 Å². The number of nitrogens with one attached hydrogen (secondary N) is 1. The minimum absolute atomic E-state index is 0.0414. The zero-order valence-corrected chi connectivity index (χ0v) is 7.30. The van der Waals surface area contributed by atoms with Crippen molar-refractivity contribution in [3.63, 3.8) is 0 Å². The summed E-state index contributed by atoms with van der Waals surface area (Å²) >= 11 is 0. The largest absolute Gasteiger partial charge is 0.355 e. The Morgan fingerprint density at radius 1 is 1.62 bits per heavy atom. The minimum Gasteiger partial charge on any atom is -0.355 e. The smallest absolute Gasteiger partial charge is 0.253 e. The van der Waals surface area contributed by atoms with E-state index in [-0.39, 0.29) is 12.1 Å². The van der Waals surface area contributed by atoms with E-state index in [1.807, 2.05) is 0 Å². The van der Waals surface area contributed by atoms with Crippen LogP contribution in [0.1, 0.15) is 15.9 Å². The van der Waals surface area contributed by atoms with Crippen LogP contribution in [0.15, 0.2) is 18.2 Å². The van der Waals surface area contributed by atoms with Crippen molar-refractivity contribution < 1.29 is 9.18 Å². The molecule has 0 aliphatic heterocycles. The van der Waals surface area contributed by atoms with Gasteiger partial charge in [0.2, 0.25) is 0 Å². The van der Waals surface area contributed by atoms with Crippen molar-refractivity contribution in [1.29, 1.82) is 0 Å². The molecule has 1 aromatic rings. The molecule has 70 valence electrons. The Morgan fingerprint density at radius 3 is 2.77 bits per heavy atom. The topological polar surface area (TPSA) is 55.1 Å². The van der Waals surface area contributed by atoms with E-state index in [1.165, 1.54) is 19.2 Å². The molecule has 1 rings (SSSR count). The Hall–Kier alpha value is -1.42. The Morgan fingerprint density at radius 2 is 2.31 bits per heavy atom. The molecule has 0 fully saturated rings. The third kappa shape index (κ3) is 2.03. The third-order valence-corrected chi connectivity index (χ3v) is 1.74. The van der Waals surface area contributed by atoms with Gasteiger partial charge >= 0.3 is 0 Å². The van der Waals surface area contributed by atoms with Gasteiger partial charge in [0.25, 0.3) is 5.91 Å². The number of amides is 1. The van der Waals surface area contributed by atoms with Crippen molar-refractivity contribution in [3.05, 3.63) is 35.1 Å². The number of carbonyl (C=O) groups excluding carboxylic acids is 1. The highest BCUT2D eigenvalue weighted by molar-refractivity contribution is 5.94. The zero-order chi connectivity index (χ0) is 9.84. The summed E-state index contributed by atoms with van der Waals surface area (Å²) in [6.07, 6.45) is 0. The van der Waals surface area contributed by atoms with E-state index < -0.39 is 11.7 Å². The molecular weight excluding hydrogens is 171 g/mol. The van der Waals surface area contributed by atoms with Crippen molar-refractivity contribution in [2.24, 2.45) is 5.73 Å². The van der Waals surface area contributed by atoms with E-state index in [9.17, 15) is 9.18 Å². The highest BCUT2D eigenvalue weighted by atomic mass is 19.1. The molecule has 4 heteroatoms. The minimum atomic E-state index is -0.540. The second-order valence-electron chi connectivity index (χ2n) is 2.60. The molecule has 0 heterocycles. The van der Waals surface area contributed by atoms with E-state index in [0.717, 1.165) is 0 Å². The lowest BCUT2D eigenvalue weighted by atomic mass is 10.1. The van der Waals surface area contributed by atoms with Gasteiger partial charge in [0.1, 0.15) is 5.82 Å². The molecule has 0 unspecified atom stereocenters. The predicted molar refractivity (Wildman–Crippen MR) is 47.7 cm³/mol. The quantitative estimate of drug-likeness (QED) is 0.705. The average Bonchev–Trinajstić information content (AvgIpc) is 2.16. The number of benzene rings is 1. The van der Waals surface area contributed by atoms with E-state index in [0.29, 0.717) is 5.56 Å². The van der Waals surface area contributed by atoms with Crippen LogP contribution in [0, 0.1) is 5.82 Å². The van der Waals surface area contributed by atoms with Gasteiger partial charge in [0.15, 0.2) is 0 Å². The maximum atomic E-state index is 13.2. The van der Waals surface area contributed by atoms with E-state index in [4.69, 9.17) is 5.73 Å². The molecule has 0 saturated carbocycles. The van der Waals surface area contributed by atoms with Crippen LogP contribution in [-0.4, -0.2) is 13.0 Å². The maximum Gasteiger partial charge on any atom is 0.253 e. The number of nitrogens with two attached hydrogens (primary N) is 1. The molecule has 0 saturated heterocycles. The molecule has 0 aliphatic rings. The molecule has 0 aromatic heterocycles. The predicted octanol–water partition coefficient (Wildman–Crippen LogP) is 0.644. The molecule has 13 heavy (non-hydrogen) atoms. The third-order valence-electron chi connectivity index (χ3n) is 1.74. The molecule has 0 spiro atoms. The summed E-state index contributed by atoms with van der Waals surface area (Å²) in [5.74, 6) is -0.969. The average molecular weight is 182 g/mol. The van der Waals surface area contributed by atoms with Crippen LogP contribution in [0.2, 0.25) is 0 Å². The zero-order valence-electron chi connectivity index (χ0n) is 7.30. The molecule has 1 amide bonds. The first-order valence-corrected chi connectivity index (χ1v) is 3.89. The van der Waals surface area contributed by atoms with Gasteiger partial charge in [0, 0.05) is 13.6 Å². The number of hydrogen-bond donors (Lipinski definition) is 2. The monoisotopic (exact) mass is 182 g/mol. The van der Waals surface area contributed by atoms with Crippen molar-refractivity contribution in [1.82, 2.24) is 5.32 Å². The lowest BCUT2D eigenvalue weighted by molar-refractivity contribution is 0.0959. The number of rotatable bonds is 2. The van der Waals surface area contributed by atoms with E-state index in [1.54, 1.807) is 6.07 Å². The van der Waals surface area contributed by atoms with Crippen LogP contribution >= 0.6 is 0 Å². The molecule has 3 N–H and O–H groups in total. The van der Waals surface area contributed by atoms with Crippen molar-refractivity contribution in [2.45, 2.75) is 6.54 Å². The fraction of sp³-hybridized carbons (Fsp3) is 0.222. The van der Waals surface area contributed by atoms with Crippen molar-refractivity contribution >= 4 is 5.91 Å². The lowest BCUT2D eigenvalue weighted by Gasteiger charge is -2.02. The van der Waals surface area contributed by atoms with E-state index in [2.05, 4.69) is 5.32 Å². The number of hydrogen-bond acceptors (Lipinski definition) is 2. The fourth-order valence-electron chi connectivity index (χ4n) is 1.00. The molecule has 0 atom stereocenters. The summed E-state index contributed by atoms with van der Waals surface area (Å²) in [5, 5.41) is 2.35. The van der Waals surface area contributed by atoms with Crippen LogP contribution in [0.3, 0.4) is 0 Å². The van der Waals surface area contributed by atoms with Crippen LogP contribution in [0.4, 0.5) is 4.39 Å². The standard InChI is InChI=1S/C9H11FN2O/c1-12-9(13)7-3-2-6(5-11)4-8(7)10/h2-4H,5,11H2,1H3,(H,12,13). The highest BCUT2D eigenvalue weighted by Gasteiger charge is 2.09. The molecule has 0 radical (unpaired) electrons. The first kappa shape index (κ1) is 9.67. The molecule has 0 aliphatic carbocycles. The normalized spacial score (nSPS) is 9.77. The summed E-state index contributed by atoms with van der Waals surface area (Å²) in [6.45, 7) is 0.269.